The summed E-state index contributed by atoms with van der Waals surface area (Å²) in [7, 11) is 0. The molecule has 6 heteroatoms. The van der Waals surface area contributed by atoms with Gasteiger partial charge in [0.05, 0.1) is 0 Å². The monoisotopic (exact) mass is 127 g/mol. The van der Waals surface area contributed by atoms with Crippen molar-refractivity contribution in [3.8, 4) is 0 Å². The van der Waals surface area contributed by atoms with Crippen LogP contribution in [0, 0.1) is 0 Å². The largest absolute Gasteiger partial charge is 0.403 e. The predicted molar refractivity (Wildman–Crippen MR) is 25.6 cm³/mol. The molecule has 0 amide bonds. The van der Waals surface area contributed by atoms with Crippen LogP contribution < -0.4 is 6.15 Å². The van der Waals surface area contributed by atoms with Gasteiger partial charge in [-0.2, -0.15) is 0 Å². The number of rotatable bonds is 0. The molecule has 0 saturated carbocycles. The van der Waals surface area contributed by atoms with E-state index in [1.807, 2.05) is 0 Å². The van der Waals surface area contributed by atoms with Crippen molar-refractivity contribution >= 4 is 22.1 Å². The Bertz CT molecular complexity index is 56.9. The van der Waals surface area contributed by atoms with Gasteiger partial charge in [0.15, 0.2) is 0 Å². The molecule has 6 heavy (non-hydrogen) atoms. The van der Waals surface area contributed by atoms with Gasteiger partial charge in [0.25, 0.3) is 0 Å². The minimum Gasteiger partial charge on any atom is -0.344 e. The molecule has 38 valence electrons. The molecule has 4 nitrogen and oxygen atoms in total. The van der Waals surface area contributed by atoms with Crippen molar-refractivity contribution in [3.63, 3.8) is 0 Å². The van der Waals surface area contributed by atoms with Gasteiger partial charge in [-0.25, -0.2) is 0 Å². The third-order valence-electron chi connectivity index (χ3n) is 0. The van der Waals surface area contributed by atoms with E-state index >= 15 is 0 Å². The second-order valence-electron chi connectivity index (χ2n) is 0.835. The second-order valence-corrected chi connectivity index (χ2v) is 6.00. The Morgan fingerprint density at radius 3 is 1.50 bits per heavy atom. The Morgan fingerprint density at radius 2 is 1.50 bits per heavy atom. The molecule has 5 N–H and O–H groups in total. The average Bonchev–Trinajstić information content (AvgIpc) is 0.722. The van der Waals surface area contributed by atoms with Crippen molar-refractivity contribution < 1.29 is 14.4 Å². The highest BCUT2D eigenvalue weighted by atomic mass is 31.4. The molecule has 0 bridgehead atoms. The summed E-state index contributed by atoms with van der Waals surface area (Å²) in [5.41, 5.74) is 0. The molecular weight excluding hydrogens is 120 g/mol. The van der Waals surface area contributed by atoms with Gasteiger partial charge in [-0.3, -0.25) is 4.57 Å². The summed E-state index contributed by atoms with van der Waals surface area (Å²) in [5, 5.41) is 0. The highest BCUT2D eigenvalue weighted by Gasteiger charge is 1.95. The lowest BCUT2D eigenvalue weighted by Crippen LogP contribution is -1.67. The van der Waals surface area contributed by atoms with E-state index in [-0.39, 0.29) is 22.0 Å². The standard InChI is InChI=1S/Al.H3N.HO3P.2H/c;;1-4(2)3;;/h;1H3;(H-,1,2,3);;/q-1;;;;/p+1. The van der Waals surface area contributed by atoms with Gasteiger partial charge in [0, 0.05) is 0 Å². The van der Waals surface area contributed by atoms with E-state index < -0.39 is 6.24 Å². The highest BCUT2D eigenvalue weighted by molar-refractivity contribution is 7.77. The molecular formula is H7AlNO3P. The van der Waals surface area contributed by atoms with Crippen LogP contribution in [0.15, 0.2) is 0 Å². The Morgan fingerprint density at radius 1 is 1.50 bits per heavy atom. The van der Waals surface area contributed by atoms with Crippen molar-refractivity contribution in [1.82, 2.24) is 6.15 Å². The Hall–Kier alpha value is 0.642. The van der Waals surface area contributed by atoms with Crippen LogP contribution in [-0.4, -0.2) is 25.6 Å². The van der Waals surface area contributed by atoms with Crippen molar-refractivity contribution in [1.29, 1.82) is 0 Å². The van der Waals surface area contributed by atoms with Crippen LogP contribution in [-0.2, 0) is 4.57 Å². The Balaban J connectivity index is 0. The fraction of sp³-hybridized carbons (Fsp3) is 0. The van der Waals surface area contributed by atoms with Crippen LogP contribution >= 0.6 is 6.24 Å². The zero-order chi connectivity index (χ0) is 4.50. The highest BCUT2D eigenvalue weighted by Crippen LogP contribution is 2.24. The molecule has 0 atom stereocenters. The minimum absolute atomic E-state index is 0. The summed E-state index contributed by atoms with van der Waals surface area (Å²) in [5.74, 6) is 0. The van der Waals surface area contributed by atoms with E-state index in [4.69, 9.17) is 9.79 Å². The van der Waals surface area contributed by atoms with Gasteiger partial charge in [0.2, 0.25) is 6.24 Å². The quantitative estimate of drug-likeness (QED) is 0.283. The fourth-order valence-corrected chi connectivity index (χ4v) is 0. The van der Waals surface area contributed by atoms with Crippen LogP contribution in [0.5, 0.6) is 0 Å². The maximum absolute atomic E-state index is 9.39. The van der Waals surface area contributed by atoms with Crippen LogP contribution in [0.4, 0.5) is 0 Å². The third kappa shape index (κ3) is 149. The summed E-state index contributed by atoms with van der Waals surface area (Å²) in [4.78, 5) is 15.4. The van der Waals surface area contributed by atoms with E-state index in [1.165, 1.54) is 0 Å². The summed E-state index contributed by atoms with van der Waals surface area (Å²) in [6.07, 6.45) is -3.50. The van der Waals surface area contributed by atoms with Crippen molar-refractivity contribution in [2.45, 2.75) is 0 Å². The molecule has 0 fully saturated rings. The van der Waals surface area contributed by atoms with Crippen molar-refractivity contribution in [2.24, 2.45) is 0 Å². The molecule has 0 aromatic heterocycles. The first-order chi connectivity index (χ1) is 2.00. The Labute approximate surface area is 43.3 Å². The predicted octanol–water partition coefficient (Wildman–Crippen LogP) is -1.13. The summed E-state index contributed by atoms with van der Waals surface area (Å²) in [6, 6.07) is 0. The lowest BCUT2D eigenvalue weighted by molar-refractivity contribution is 0.395. The first-order valence-electron chi connectivity index (χ1n) is 1.03. The van der Waals surface area contributed by atoms with Crippen LogP contribution in [0.3, 0.4) is 0 Å². The van der Waals surface area contributed by atoms with Crippen LogP contribution in [0.1, 0.15) is 0 Å². The normalized spacial score (nSPS) is 9.67. The van der Waals surface area contributed by atoms with E-state index in [9.17, 15) is 4.57 Å². The number of hydrogen-bond acceptors (Lipinski definition) is 2. The molecule has 0 aromatic carbocycles. The Kier molecular flexibility index (Phi) is 4.51. The summed E-state index contributed by atoms with van der Waals surface area (Å²) < 4.78 is 9.39. The first kappa shape index (κ1) is 9.81. The van der Waals surface area contributed by atoms with Gasteiger partial charge < -0.3 is 15.9 Å². The van der Waals surface area contributed by atoms with Crippen molar-refractivity contribution in [3.05, 3.63) is 0 Å². The maximum atomic E-state index is 9.39. The van der Waals surface area contributed by atoms with E-state index in [0.717, 1.165) is 0 Å². The molecule has 0 heterocycles. The third-order valence-corrected chi connectivity index (χ3v) is 0. The average molecular weight is 127 g/mol. The van der Waals surface area contributed by atoms with Crippen molar-refractivity contribution in [2.75, 3.05) is 0 Å². The van der Waals surface area contributed by atoms with Gasteiger partial charge in [-0.1, -0.05) is 0 Å². The zero-order valence-electron chi connectivity index (χ0n) is 3.46. The molecule has 0 radical (unpaired) electrons. The maximum Gasteiger partial charge on any atom is 0.403 e. The molecule has 0 rings (SSSR count). The minimum atomic E-state index is -3.50. The molecule has 0 unspecified atom stereocenters. The summed E-state index contributed by atoms with van der Waals surface area (Å²) >= 11 is -0.0255. The van der Waals surface area contributed by atoms with Crippen LogP contribution in [0.2, 0.25) is 0 Å². The molecule has 0 aromatic rings. The van der Waals surface area contributed by atoms with E-state index in [1.54, 1.807) is 0 Å². The van der Waals surface area contributed by atoms with Gasteiger partial charge >= 0.3 is 15.8 Å². The van der Waals surface area contributed by atoms with E-state index in [0.29, 0.717) is 0 Å². The lowest BCUT2D eigenvalue weighted by Gasteiger charge is -1.86. The molecule has 0 saturated heterocycles. The zero-order valence-corrected chi connectivity index (χ0v) is 6.35. The first-order valence-corrected chi connectivity index (χ1v) is 5.77. The van der Waals surface area contributed by atoms with Crippen LogP contribution in [0.25, 0.3) is 0 Å². The molecule has 0 aliphatic carbocycles. The van der Waals surface area contributed by atoms with Gasteiger partial charge in [0.1, 0.15) is 0 Å². The number of hydrogen-bond donors (Lipinski definition) is 3. The molecule has 0 spiro atoms. The fourth-order valence-electron chi connectivity index (χ4n) is 0. The molecule has 0 aliphatic heterocycles. The summed E-state index contributed by atoms with van der Waals surface area (Å²) in [6.45, 7) is 0. The molecule has 0 aliphatic rings. The van der Waals surface area contributed by atoms with E-state index in [2.05, 4.69) is 0 Å². The SMILES string of the molecule is N.O=[P](O)(O)[AlH2]. The van der Waals surface area contributed by atoms with Gasteiger partial charge in [-0.05, 0) is 0 Å². The smallest absolute Gasteiger partial charge is 0.344 e. The second kappa shape index (κ2) is 2.76. The lowest BCUT2D eigenvalue weighted by atomic mass is 14.0. The topological polar surface area (TPSA) is 92.5 Å². The van der Waals surface area contributed by atoms with Gasteiger partial charge in [-0.15, -0.1) is 0 Å².